The van der Waals surface area contributed by atoms with E-state index in [4.69, 9.17) is 8.83 Å². The molecule has 3 aromatic heterocycles. The summed E-state index contributed by atoms with van der Waals surface area (Å²) in [6.45, 7) is 27.9. The molecule has 0 fully saturated rings. The number of hydrogen-bond donors (Lipinski definition) is 1. The van der Waals surface area contributed by atoms with Gasteiger partial charge in [-0.2, -0.15) is 5.26 Å². The molecule has 0 spiro atoms. The first kappa shape index (κ1) is 50.6. The number of nitriles is 1. The van der Waals surface area contributed by atoms with Crippen LogP contribution in [0, 0.1) is 34.3 Å². The monoisotopic (exact) mass is 988 g/mol. The molecule has 3 heterocycles. The zero-order valence-corrected chi connectivity index (χ0v) is 45.9. The number of para-hydroxylation sites is 1. The smallest absolute Gasteiger partial charge is 0.328 e. The maximum Gasteiger partial charge on any atom is 0.328 e. The molecule has 9 heteroatoms. The van der Waals surface area contributed by atoms with Gasteiger partial charge in [-0.05, 0) is 105 Å². The van der Waals surface area contributed by atoms with Gasteiger partial charge in [0.05, 0.1) is 21.7 Å². The highest BCUT2D eigenvalue weighted by molar-refractivity contribution is 7.16. The number of hydrogen-bond acceptors (Lipinski definition) is 6. The Labute approximate surface area is 426 Å². The minimum absolute atomic E-state index is 0.398. The van der Waals surface area contributed by atoms with Crippen LogP contribution in [0.25, 0.3) is 60.7 Å². The van der Waals surface area contributed by atoms with Crippen molar-refractivity contribution in [3.8, 4) is 51.0 Å². The third-order valence-electron chi connectivity index (χ3n) is 14.9. The second kappa shape index (κ2) is 20.5. The van der Waals surface area contributed by atoms with E-state index in [0.717, 1.165) is 56.0 Å². The molecule has 1 N–H and O–H groups in total. The van der Waals surface area contributed by atoms with Crippen molar-refractivity contribution in [2.45, 2.75) is 116 Å². The Morgan fingerprint density at radius 2 is 1.10 bits per heavy atom. The van der Waals surface area contributed by atoms with Crippen molar-refractivity contribution in [3.63, 3.8) is 0 Å². The van der Waals surface area contributed by atoms with Crippen LogP contribution in [0.3, 0.4) is 0 Å². The van der Waals surface area contributed by atoms with Crippen molar-refractivity contribution < 1.29 is 18.7 Å². The van der Waals surface area contributed by atoms with E-state index < -0.39 is 22.1 Å². The number of rotatable bonds is 13. The Morgan fingerprint density at radius 3 is 1.63 bits per heavy atom. The summed E-state index contributed by atoms with van der Waals surface area (Å²) in [5.41, 5.74) is 17.8. The van der Waals surface area contributed by atoms with E-state index in [1.165, 1.54) is 22.8 Å². The molecule has 0 radical (unpaired) electrons. The van der Waals surface area contributed by atoms with E-state index >= 15 is 0 Å². The van der Waals surface area contributed by atoms with Crippen LogP contribution >= 0.6 is 11.3 Å². The van der Waals surface area contributed by atoms with Crippen LogP contribution in [-0.2, 0) is 4.79 Å². The van der Waals surface area contributed by atoms with Gasteiger partial charge in [-0.15, -0.1) is 22.4 Å². The van der Waals surface area contributed by atoms with Gasteiger partial charge in [0.25, 0.3) is 0 Å². The summed E-state index contributed by atoms with van der Waals surface area (Å²) in [6, 6.07) is 42.2. The number of carboxylic acid groups (broad SMARTS) is 1. The van der Waals surface area contributed by atoms with Crippen LogP contribution in [0.4, 0.5) is 17.1 Å². The predicted octanol–water partition coefficient (Wildman–Crippen LogP) is 18.3. The third-order valence-corrected chi connectivity index (χ3v) is 28.6. The Morgan fingerprint density at radius 1 is 0.606 bits per heavy atom. The Balaban J connectivity index is 1.41. The molecular formula is C62H64N2O4SSi2. The van der Waals surface area contributed by atoms with Crippen molar-refractivity contribution in [3.05, 3.63) is 143 Å². The lowest BCUT2D eigenvalue weighted by atomic mass is 10.0. The molecular weight excluding hydrogens is 925 g/mol. The summed E-state index contributed by atoms with van der Waals surface area (Å²) in [5, 5.41) is 23.6. The van der Waals surface area contributed by atoms with E-state index in [0.29, 0.717) is 71.3 Å². The fraction of sp³-hybridized carbons (Fsp3) is 0.290. The summed E-state index contributed by atoms with van der Waals surface area (Å²) in [5.74, 6) is 7.82. The summed E-state index contributed by atoms with van der Waals surface area (Å²) in [6.07, 6.45) is 2.52. The van der Waals surface area contributed by atoms with Gasteiger partial charge in [-0.3, -0.25) is 0 Å². The Hall–Kier alpha value is -6.81. The molecule has 0 atom stereocenters. The first-order chi connectivity index (χ1) is 33.9. The zero-order chi connectivity index (χ0) is 50.9. The summed E-state index contributed by atoms with van der Waals surface area (Å²) in [4.78, 5) is 14.9. The van der Waals surface area contributed by atoms with Crippen LogP contribution < -0.4 is 4.90 Å². The highest BCUT2D eigenvalue weighted by Crippen LogP contribution is 2.47. The number of benzene rings is 5. The first-order valence-electron chi connectivity index (χ1n) is 24.9. The highest BCUT2D eigenvalue weighted by Gasteiger charge is 2.43. The van der Waals surface area contributed by atoms with Gasteiger partial charge in [0, 0.05) is 44.7 Å². The third kappa shape index (κ3) is 9.34. The molecule has 0 unspecified atom stereocenters. The number of carboxylic acids is 1. The molecule has 8 aromatic rings. The van der Waals surface area contributed by atoms with E-state index in [2.05, 4.69) is 214 Å². The second-order valence-corrected chi connectivity index (χ2v) is 32.9. The van der Waals surface area contributed by atoms with Crippen LogP contribution in [-0.4, -0.2) is 27.2 Å². The quantitative estimate of drug-likeness (QED) is 0.0703. The SMILES string of the molecule is CC(C)[Si](C#Cc1c2cc(-c3cc(/C=C/C(=O)O)c(C#N)s3)oc2c(C#C[Si](C(C)C)(C(C)C)C(C)C)c2cc(-c3ccc(N(c4ccccc4)c4cccc5ccccc45)cc3)oc12)(C(C)C)C(C)C. The fourth-order valence-corrected chi connectivity index (χ4v) is 22.9. The largest absolute Gasteiger partial charge is 0.478 e. The number of carbonyl (C=O) groups is 1. The lowest BCUT2D eigenvalue weighted by Gasteiger charge is -2.38. The standard InChI is InChI=1S/C62H64N2O4SSi2/c1-39(2)70(40(3)4,41(5)6)33-31-51-53-36-56(46-25-28-49(29-26-46)64(48-21-14-13-15-22-48)55-24-18-20-45-19-16-17-23-50(45)55)67-61(53)52(32-34-71(42(7)8,43(9)10)44(11)12)54-37-57(68-62(51)54)58-35-47(27-30-60(65)66)59(38-63)69-58/h13-30,35-37,39-44H,1-12H3,(H,65,66)/b30-27+. The van der Waals surface area contributed by atoms with Crippen LogP contribution in [0.2, 0.25) is 33.2 Å². The van der Waals surface area contributed by atoms with Crippen molar-refractivity contribution >= 4 is 89.3 Å². The van der Waals surface area contributed by atoms with Gasteiger partial charge in [0.1, 0.15) is 38.6 Å². The number of furan rings is 2. The maximum atomic E-state index is 11.5. The summed E-state index contributed by atoms with van der Waals surface area (Å²) < 4.78 is 14.2. The highest BCUT2D eigenvalue weighted by atomic mass is 32.1. The molecule has 0 aliphatic carbocycles. The van der Waals surface area contributed by atoms with Crippen LogP contribution in [0.5, 0.6) is 0 Å². The number of thiophene rings is 1. The van der Waals surface area contributed by atoms with Gasteiger partial charge >= 0.3 is 5.97 Å². The van der Waals surface area contributed by atoms with Crippen LogP contribution in [0.15, 0.2) is 130 Å². The molecule has 0 aliphatic rings. The normalized spacial score (nSPS) is 12.2. The van der Waals surface area contributed by atoms with E-state index in [1.54, 1.807) is 0 Å². The van der Waals surface area contributed by atoms with Crippen molar-refractivity contribution in [1.29, 1.82) is 5.26 Å². The van der Waals surface area contributed by atoms with Gasteiger partial charge in [-0.1, -0.05) is 150 Å². The average molecular weight is 989 g/mol. The van der Waals surface area contributed by atoms with Crippen molar-refractivity contribution in [1.82, 2.24) is 0 Å². The molecule has 0 bridgehead atoms. The van der Waals surface area contributed by atoms with Crippen LogP contribution in [0.1, 0.15) is 105 Å². The zero-order valence-electron chi connectivity index (χ0n) is 43.1. The number of aliphatic carboxylic acids is 1. The lowest BCUT2D eigenvalue weighted by molar-refractivity contribution is -0.131. The fourth-order valence-electron chi connectivity index (χ4n) is 11.6. The molecule has 360 valence electrons. The number of fused-ring (bicyclic) bond motifs is 3. The Bertz CT molecular complexity index is 3310. The average Bonchev–Trinajstić information content (AvgIpc) is 4.09. The first-order valence-corrected chi connectivity index (χ1v) is 30.2. The molecule has 0 saturated carbocycles. The number of nitrogens with zero attached hydrogens (tertiary/aromatic N) is 2. The lowest BCUT2D eigenvalue weighted by Crippen LogP contribution is -2.43. The summed E-state index contributed by atoms with van der Waals surface area (Å²) >= 11 is 1.27. The van der Waals surface area contributed by atoms with Crippen molar-refractivity contribution in [2.75, 3.05) is 4.90 Å². The van der Waals surface area contributed by atoms with Gasteiger partial charge in [0.15, 0.2) is 11.2 Å². The minimum atomic E-state index is -2.26. The van der Waals surface area contributed by atoms with Gasteiger partial charge in [-0.25, -0.2) is 4.79 Å². The topological polar surface area (TPSA) is 90.6 Å². The molecule has 5 aromatic carbocycles. The van der Waals surface area contributed by atoms with E-state index in [9.17, 15) is 15.2 Å². The van der Waals surface area contributed by atoms with E-state index in [1.807, 2.05) is 18.2 Å². The molecule has 6 nitrogen and oxygen atoms in total. The predicted molar refractivity (Wildman–Crippen MR) is 304 cm³/mol. The summed E-state index contributed by atoms with van der Waals surface area (Å²) in [7, 11) is -4.52. The van der Waals surface area contributed by atoms with Gasteiger partial charge in [0.2, 0.25) is 0 Å². The molecule has 0 saturated heterocycles. The Kier molecular flexibility index (Phi) is 14.6. The van der Waals surface area contributed by atoms with Crippen molar-refractivity contribution in [2.24, 2.45) is 0 Å². The molecule has 8 rings (SSSR count). The minimum Gasteiger partial charge on any atom is -0.478 e. The second-order valence-electron chi connectivity index (χ2n) is 20.6. The van der Waals surface area contributed by atoms with Gasteiger partial charge < -0.3 is 18.8 Å². The molecule has 0 aliphatic heterocycles. The van der Waals surface area contributed by atoms with E-state index in [-0.39, 0.29) is 0 Å². The maximum absolute atomic E-state index is 11.5. The molecule has 0 amide bonds. The number of anilines is 3. The molecule has 71 heavy (non-hydrogen) atoms.